The van der Waals surface area contributed by atoms with E-state index in [-0.39, 0.29) is 0 Å². The van der Waals surface area contributed by atoms with Gasteiger partial charge in [-0.3, -0.25) is 0 Å². The van der Waals surface area contributed by atoms with Crippen LogP contribution in [0.3, 0.4) is 0 Å². The zero-order valence-corrected chi connectivity index (χ0v) is 13.0. The van der Waals surface area contributed by atoms with Gasteiger partial charge in [-0.05, 0) is 38.5 Å². The molecule has 2 saturated heterocycles. The second-order valence-corrected chi connectivity index (χ2v) is 6.08. The molecule has 3 rings (SSSR count). The molecule has 2 atom stereocenters. The number of hydrogen-bond acceptors (Lipinski definition) is 4. The fraction of sp³-hybridized carbons (Fsp3) is 0.812. The molecule has 5 heteroatoms. The van der Waals surface area contributed by atoms with Crippen LogP contribution in [0.1, 0.15) is 44.5 Å². The monoisotopic (exact) mass is 293 g/mol. The second-order valence-electron chi connectivity index (χ2n) is 6.08. The smallest absolute Gasteiger partial charge is 0.126 e. The number of rotatable bonds is 5. The van der Waals surface area contributed by atoms with Crippen LogP contribution in [-0.4, -0.2) is 42.0 Å². The molecule has 1 aromatic rings. The van der Waals surface area contributed by atoms with Gasteiger partial charge in [-0.1, -0.05) is 0 Å². The normalized spacial score (nSPS) is 25.9. The fourth-order valence-corrected chi connectivity index (χ4v) is 3.46. The lowest BCUT2D eigenvalue weighted by atomic mass is 9.90. The predicted octanol–water partition coefficient (Wildman–Crippen LogP) is 2.14. The van der Waals surface area contributed by atoms with E-state index < -0.39 is 0 Å². The Balaban J connectivity index is 1.76. The van der Waals surface area contributed by atoms with Gasteiger partial charge in [0, 0.05) is 44.8 Å². The summed E-state index contributed by atoms with van der Waals surface area (Å²) in [5.74, 6) is 1.78. The van der Waals surface area contributed by atoms with Crippen molar-refractivity contribution < 1.29 is 9.47 Å². The highest BCUT2D eigenvalue weighted by Crippen LogP contribution is 2.30. The summed E-state index contributed by atoms with van der Waals surface area (Å²) < 4.78 is 13.4. The number of ether oxygens (including phenoxy) is 2. The molecule has 0 amide bonds. The van der Waals surface area contributed by atoms with E-state index in [1.165, 1.54) is 12.2 Å². The van der Waals surface area contributed by atoms with E-state index in [4.69, 9.17) is 9.47 Å². The highest BCUT2D eigenvalue weighted by atomic mass is 16.5. The van der Waals surface area contributed by atoms with E-state index in [0.29, 0.717) is 18.0 Å². The molecule has 2 fully saturated rings. The van der Waals surface area contributed by atoms with Crippen LogP contribution < -0.4 is 5.32 Å². The van der Waals surface area contributed by atoms with E-state index in [1.807, 2.05) is 6.20 Å². The topological polar surface area (TPSA) is 48.3 Å². The molecule has 0 aromatic carbocycles. The Morgan fingerprint density at radius 1 is 1.29 bits per heavy atom. The molecular weight excluding hydrogens is 266 g/mol. The van der Waals surface area contributed by atoms with Gasteiger partial charge >= 0.3 is 0 Å². The van der Waals surface area contributed by atoms with Gasteiger partial charge in [0.2, 0.25) is 0 Å². The SMILES string of the molecule is CCn1ccnc1C(NC1CCCOC1)C1CCOCC1. The minimum Gasteiger partial charge on any atom is -0.381 e. The van der Waals surface area contributed by atoms with Crippen molar-refractivity contribution >= 4 is 0 Å². The summed E-state index contributed by atoms with van der Waals surface area (Å²) in [7, 11) is 0. The van der Waals surface area contributed by atoms with Crippen molar-refractivity contribution in [1.29, 1.82) is 0 Å². The van der Waals surface area contributed by atoms with Crippen molar-refractivity contribution in [1.82, 2.24) is 14.9 Å². The number of imidazole rings is 1. The van der Waals surface area contributed by atoms with Gasteiger partial charge in [-0.25, -0.2) is 4.98 Å². The zero-order valence-electron chi connectivity index (χ0n) is 13.0. The van der Waals surface area contributed by atoms with Gasteiger partial charge in [-0.15, -0.1) is 0 Å². The highest BCUT2D eigenvalue weighted by Gasteiger charge is 2.30. The molecule has 2 aliphatic heterocycles. The number of hydrogen-bond donors (Lipinski definition) is 1. The van der Waals surface area contributed by atoms with E-state index in [9.17, 15) is 0 Å². The van der Waals surface area contributed by atoms with Gasteiger partial charge in [-0.2, -0.15) is 0 Å². The maximum absolute atomic E-state index is 5.63. The molecule has 0 spiro atoms. The van der Waals surface area contributed by atoms with Crippen LogP contribution in [0.5, 0.6) is 0 Å². The number of nitrogens with zero attached hydrogens (tertiary/aromatic N) is 2. The van der Waals surface area contributed by atoms with Crippen molar-refractivity contribution in [3.8, 4) is 0 Å². The summed E-state index contributed by atoms with van der Waals surface area (Å²) in [4.78, 5) is 4.65. The Labute approximate surface area is 127 Å². The number of aromatic nitrogens is 2. The second kappa shape index (κ2) is 7.38. The van der Waals surface area contributed by atoms with Crippen molar-refractivity contribution in [2.75, 3.05) is 26.4 Å². The maximum Gasteiger partial charge on any atom is 0.126 e. The Hall–Kier alpha value is -0.910. The maximum atomic E-state index is 5.63. The van der Waals surface area contributed by atoms with Gasteiger partial charge in [0.1, 0.15) is 5.82 Å². The van der Waals surface area contributed by atoms with Gasteiger partial charge in [0.05, 0.1) is 12.6 Å². The average Bonchev–Trinajstić information content (AvgIpc) is 3.03. The summed E-state index contributed by atoms with van der Waals surface area (Å²) in [6.45, 7) is 6.62. The van der Waals surface area contributed by atoms with Gasteiger partial charge in [0.25, 0.3) is 0 Å². The summed E-state index contributed by atoms with van der Waals surface area (Å²) in [6, 6.07) is 0.768. The lowest BCUT2D eigenvalue weighted by molar-refractivity contribution is 0.0346. The first-order valence-electron chi connectivity index (χ1n) is 8.31. The third-order valence-electron chi connectivity index (χ3n) is 4.68. The molecule has 118 valence electrons. The summed E-state index contributed by atoms with van der Waals surface area (Å²) in [5.41, 5.74) is 0. The molecule has 2 unspecified atom stereocenters. The first-order valence-corrected chi connectivity index (χ1v) is 8.31. The molecule has 0 radical (unpaired) electrons. The van der Waals surface area contributed by atoms with E-state index in [2.05, 4.69) is 28.0 Å². The molecule has 3 heterocycles. The van der Waals surface area contributed by atoms with Crippen molar-refractivity contribution in [2.24, 2.45) is 5.92 Å². The minimum atomic E-state index is 0.315. The minimum absolute atomic E-state index is 0.315. The molecule has 2 aliphatic rings. The predicted molar refractivity (Wildman–Crippen MR) is 81.2 cm³/mol. The third kappa shape index (κ3) is 3.65. The van der Waals surface area contributed by atoms with Crippen molar-refractivity contribution in [3.05, 3.63) is 18.2 Å². The lowest BCUT2D eigenvalue weighted by Crippen LogP contribution is -2.43. The number of nitrogens with one attached hydrogen (secondary N) is 1. The van der Waals surface area contributed by atoms with E-state index >= 15 is 0 Å². The molecule has 1 N–H and O–H groups in total. The number of aryl methyl sites for hydroxylation is 1. The zero-order chi connectivity index (χ0) is 14.5. The Morgan fingerprint density at radius 3 is 2.86 bits per heavy atom. The molecular formula is C16H27N3O2. The molecule has 1 aromatic heterocycles. The average molecular weight is 293 g/mol. The van der Waals surface area contributed by atoms with Crippen LogP contribution >= 0.6 is 0 Å². The molecule has 0 aliphatic carbocycles. The van der Waals surface area contributed by atoms with Crippen LogP contribution in [-0.2, 0) is 16.0 Å². The fourth-order valence-electron chi connectivity index (χ4n) is 3.46. The van der Waals surface area contributed by atoms with Crippen LogP contribution in [0.15, 0.2) is 12.4 Å². The largest absolute Gasteiger partial charge is 0.381 e. The Bertz CT molecular complexity index is 423. The van der Waals surface area contributed by atoms with Crippen molar-refractivity contribution in [3.63, 3.8) is 0 Å². The van der Waals surface area contributed by atoms with Crippen LogP contribution in [0.25, 0.3) is 0 Å². The van der Waals surface area contributed by atoms with Crippen LogP contribution in [0, 0.1) is 5.92 Å². The van der Waals surface area contributed by atoms with E-state index in [0.717, 1.165) is 52.2 Å². The third-order valence-corrected chi connectivity index (χ3v) is 4.68. The molecule has 0 bridgehead atoms. The van der Waals surface area contributed by atoms with Crippen LogP contribution in [0.2, 0.25) is 0 Å². The van der Waals surface area contributed by atoms with Gasteiger partial charge in [0.15, 0.2) is 0 Å². The Kier molecular flexibility index (Phi) is 5.27. The summed E-state index contributed by atoms with van der Waals surface area (Å²) in [5, 5.41) is 3.84. The molecule has 21 heavy (non-hydrogen) atoms. The Morgan fingerprint density at radius 2 is 2.14 bits per heavy atom. The lowest BCUT2D eigenvalue weighted by Gasteiger charge is -2.35. The first kappa shape index (κ1) is 15.0. The van der Waals surface area contributed by atoms with Gasteiger partial charge < -0.3 is 19.4 Å². The highest BCUT2D eigenvalue weighted by molar-refractivity contribution is 5.03. The van der Waals surface area contributed by atoms with Crippen LogP contribution in [0.4, 0.5) is 0 Å². The first-order chi connectivity index (χ1) is 10.4. The van der Waals surface area contributed by atoms with Crippen molar-refractivity contribution in [2.45, 2.75) is 51.2 Å². The standard InChI is InChI=1S/C16H27N3O2/c1-2-19-8-7-17-16(19)15(13-5-10-20-11-6-13)18-14-4-3-9-21-12-14/h7-8,13-15,18H,2-6,9-12H2,1H3. The summed E-state index contributed by atoms with van der Waals surface area (Å²) >= 11 is 0. The summed E-state index contributed by atoms with van der Waals surface area (Å²) in [6.07, 6.45) is 8.58. The van der Waals surface area contributed by atoms with E-state index in [1.54, 1.807) is 0 Å². The molecule has 5 nitrogen and oxygen atoms in total. The molecule has 0 saturated carbocycles. The quantitative estimate of drug-likeness (QED) is 0.903.